The van der Waals surface area contributed by atoms with Gasteiger partial charge in [-0.1, -0.05) is 6.42 Å². The van der Waals surface area contributed by atoms with Crippen molar-refractivity contribution in [2.75, 3.05) is 6.54 Å². The number of carbonyl (C=O) groups excluding carboxylic acids is 1. The number of hydrogen-bond acceptors (Lipinski definition) is 1. The van der Waals surface area contributed by atoms with Crippen LogP contribution < -0.4 is 0 Å². The van der Waals surface area contributed by atoms with Gasteiger partial charge >= 0.3 is 6.18 Å². The van der Waals surface area contributed by atoms with Crippen LogP contribution in [0.15, 0.2) is 12.4 Å². The normalized spacial score (nSPS) is 26.0. The third kappa shape index (κ3) is 2.56. The highest BCUT2D eigenvalue weighted by atomic mass is 19.4. The predicted molar refractivity (Wildman–Crippen MR) is 71.8 cm³/mol. The predicted octanol–water partition coefficient (Wildman–Crippen LogP) is 3.45. The molecule has 2 aliphatic rings. The molecule has 1 aliphatic heterocycles. The van der Waals surface area contributed by atoms with E-state index >= 15 is 0 Å². The number of likely N-dealkylation sites (tertiary alicyclic amines) is 1. The molecule has 0 aromatic carbocycles. The van der Waals surface area contributed by atoms with Crippen LogP contribution in [-0.4, -0.2) is 28.0 Å². The molecule has 0 spiro atoms. The number of hydrogen-bond donors (Lipinski definition) is 0. The molecule has 0 N–H and O–H groups in total. The fourth-order valence-corrected chi connectivity index (χ4v) is 3.84. The van der Waals surface area contributed by atoms with Gasteiger partial charge in [-0.25, -0.2) is 0 Å². The summed E-state index contributed by atoms with van der Waals surface area (Å²) in [5.41, 5.74) is -1.03. The van der Waals surface area contributed by atoms with E-state index in [1.165, 1.54) is 17.8 Å². The minimum Gasteiger partial charge on any atom is -0.356 e. The molecule has 2 atom stereocenters. The first-order chi connectivity index (χ1) is 9.88. The second-order valence-corrected chi connectivity index (χ2v) is 6.15. The van der Waals surface area contributed by atoms with E-state index in [4.69, 9.17) is 0 Å². The summed E-state index contributed by atoms with van der Waals surface area (Å²) in [6, 6.07) is 0.132. The lowest BCUT2D eigenvalue weighted by Gasteiger charge is -2.37. The van der Waals surface area contributed by atoms with Gasteiger partial charge in [-0.05, 0) is 31.6 Å². The molecule has 1 aromatic rings. The average molecular weight is 300 g/mol. The summed E-state index contributed by atoms with van der Waals surface area (Å²) >= 11 is 0. The van der Waals surface area contributed by atoms with E-state index in [0.717, 1.165) is 38.3 Å². The van der Waals surface area contributed by atoms with Crippen molar-refractivity contribution < 1.29 is 18.0 Å². The minimum atomic E-state index is -4.49. The van der Waals surface area contributed by atoms with E-state index in [0.29, 0.717) is 12.5 Å². The summed E-state index contributed by atoms with van der Waals surface area (Å²) in [5.74, 6) is 0.0141. The fraction of sp³-hybridized carbons (Fsp3) is 0.667. The minimum absolute atomic E-state index is 0.132. The van der Waals surface area contributed by atoms with Gasteiger partial charge in [-0.2, -0.15) is 13.2 Å². The number of fused-ring (bicyclic) bond motifs is 1. The molecule has 116 valence electrons. The molecule has 2 heterocycles. The number of aryl methyl sites for hydroxylation is 1. The fourth-order valence-electron chi connectivity index (χ4n) is 3.84. The summed E-state index contributed by atoms with van der Waals surface area (Å²) < 4.78 is 40.5. The third-order valence-electron chi connectivity index (χ3n) is 4.75. The van der Waals surface area contributed by atoms with Gasteiger partial charge < -0.3 is 9.47 Å². The molecule has 21 heavy (non-hydrogen) atoms. The summed E-state index contributed by atoms with van der Waals surface area (Å²) in [7, 11) is 1.51. The van der Waals surface area contributed by atoms with Crippen LogP contribution in [0.1, 0.15) is 48.0 Å². The van der Waals surface area contributed by atoms with E-state index in [-0.39, 0.29) is 11.6 Å². The van der Waals surface area contributed by atoms with Crippen molar-refractivity contribution in [2.45, 2.75) is 44.3 Å². The van der Waals surface area contributed by atoms with Crippen molar-refractivity contribution in [3.8, 4) is 0 Å². The Morgan fingerprint density at radius 1 is 1.19 bits per heavy atom. The van der Waals surface area contributed by atoms with Crippen LogP contribution in [0, 0.1) is 5.92 Å². The highest BCUT2D eigenvalue weighted by molar-refractivity contribution is 5.96. The molecule has 1 saturated heterocycles. The van der Waals surface area contributed by atoms with Gasteiger partial charge in [0, 0.05) is 32.0 Å². The highest BCUT2D eigenvalue weighted by Gasteiger charge is 2.42. The zero-order valence-electron chi connectivity index (χ0n) is 12.0. The number of rotatable bonds is 1. The number of piperidine rings is 1. The third-order valence-corrected chi connectivity index (χ3v) is 4.75. The maximum Gasteiger partial charge on any atom is 0.418 e. The molecule has 3 rings (SSSR count). The molecule has 0 bridgehead atoms. The monoisotopic (exact) mass is 300 g/mol. The van der Waals surface area contributed by atoms with Crippen LogP contribution in [0.2, 0.25) is 0 Å². The van der Waals surface area contributed by atoms with Gasteiger partial charge in [0.05, 0.1) is 11.1 Å². The van der Waals surface area contributed by atoms with Crippen molar-refractivity contribution in [3.05, 3.63) is 23.5 Å². The van der Waals surface area contributed by atoms with Crippen LogP contribution >= 0.6 is 0 Å². The Balaban J connectivity index is 1.91. The van der Waals surface area contributed by atoms with Crippen molar-refractivity contribution in [1.29, 1.82) is 0 Å². The number of halogens is 3. The maximum atomic E-state index is 13.1. The second-order valence-electron chi connectivity index (χ2n) is 6.15. The van der Waals surface area contributed by atoms with Crippen LogP contribution in [0.3, 0.4) is 0 Å². The summed E-state index contributed by atoms with van der Waals surface area (Å²) in [5, 5.41) is 0. The van der Waals surface area contributed by atoms with Crippen molar-refractivity contribution in [1.82, 2.24) is 9.47 Å². The Morgan fingerprint density at radius 2 is 1.90 bits per heavy atom. The number of aromatic nitrogens is 1. The molecule has 1 amide bonds. The van der Waals surface area contributed by atoms with Crippen molar-refractivity contribution in [3.63, 3.8) is 0 Å². The van der Waals surface area contributed by atoms with Crippen LogP contribution in [-0.2, 0) is 13.2 Å². The van der Waals surface area contributed by atoms with Gasteiger partial charge in [-0.15, -0.1) is 0 Å². The molecule has 6 heteroatoms. The van der Waals surface area contributed by atoms with E-state index in [1.54, 1.807) is 4.90 Å². The first-order valence-corrected chi connectivity index (χ1v) is 7.42. The van der Waals surface area contributed by atoms with Gasteiger partial charge in [0.25, 0.3) is 5.91 Å². The quantitative estimate of drug-likeness (QED) is 0.780. The molecule has 1 saturated carbocycles. The number of amides is 1. The Kier molecular flexibility index (Phi) is 3.50. The Labute approximate surface area is 121 Å². The topological polar surface area (TPSA) is 25.2 Å². The first kappa shape index (κ1) is 14.5. The smallest absolute Gasteiger partial charge is 0.356 e. The van der Waals surface area contributed by atoms with Crippen LogP contribution in [0.5, 0.6) is 0 Å². The SMILES string of the molecule is Cn1cc(C(=O)N2CCC[C@H]3CCC[C@@H]32)c(C(F)(F)F)c1. The summed E-state index contributed by atoms with van der Waals surface area (Å²) in [6.45, 7) is 0.576. The maximum absolute atomic E-state index is 13.1. The summed E-state index contributed by atoms with van der Waals surface area (Å²) in [6.07, 6.45) is 2.86. The van der Waals surface area contributed by atoms with E-state index in [2.05, 4.69) is 0 Å². The Hall–Kier alpha value is -1.46. The molecule has 1 aromatic heterocycles. The Morgan fingerprint density at radius 3 is 2.62 bits per heavy atom. The molecule has 1 aliphatic carbocycles. The van der Waals surface area contributed by atoms with E-state index in [1.807, 2.05) is 0 Å². The molecular formula is C15H19F3N2O. The van der Waals surface area contributed by atoms with Crippen LogP contribution in [0.25, 0.3) is 0 Å². The van der Waals surface area contributed by atoms with Gasteiger partial charge in [0.15, 0.2) is 0 Å². The van der Waals surface area contributed by atoms with E-state index < -0.39 is 17.6 Å². The zero-order valence-corrected chi connectivity index (χ0v) is 12.0. The lowest BCUT2D eigenvalue weighted by atomic mass is 9.91. The first-order valence-electron chi connectivity index (χ1n) is 7.42. The van der Waals surface area contributed by atoms with E-state index in [9.17, 15) is 18.0 Å². The van der Waals surface area contributed by atoms with Gasteiger partial charge in [-0.3, -0.25) is 4.79 Å². The lowest BCUT2D eigenvalue weighted by molar-refractivity contribution is -0.138. The average Bonchev–Trinajstić information content (AvgIpc) is 3.02. The molecule has 0 radical (unpaired) electrons. The molecule has 0 unspecified atom stereocenters. The van der Waals surface area contributed by atoms with Gasteiger partial charge in [0.1, 0.15) is 0 Å². The summed E-state index contributed by atoms with van der Waals surface area (Å²) in [4.78, 5) is 14.3. The number of carbonyl (C=O) groups is 1. The van der Waals surface area contributed by atoms with Gasteiger partial charge in [0.2, 0.25) is 0 Å². The largest absolute Gasteiger partial charge is 0.418 e. The highest BCUT2D eigenvalue weighted by Crippen LogP contribution is 2.39. The van der Waals surface area contributed by atoms with Crippen LogP contribution in [0.4, 0.5) is 13.2 Å². The number of nitrogens with zero attached hydrogens (tertiary/aromatic N) is 2. The molecular weight excluding hydrogens is 281 g/mol. The lowest BCUT2D eigenvalue weighted by Crippen LogP contribution is -2.46. The number of alkyl halides is 3. The van der Waals surface area contributed by atoms with Crippen molar-refractivity contribution >= 4 is 5.91 Å². The molecule has 3 nitrogen and oxygen atoms in total. The molecule has 2 fully saturated rings. The standard InChI is InChI=1S/C15H19F3N2O/c1-19-8-11(12(9-19)15(16,17)18)14(21)20-7-3-5-10-4-2-6-13(10)20/h8-10,13H,2-7H2,1H3/t10-,13+/m1/s1. The van der Waals surface area contributed by atoms with Crippen molar-refractivity contribution in [2.24, 2.45) is 13.0 Å². The second kappa shape index (κ2) is 5.07. The zero-order chi connectivity index (χ0) is 15.2. The Bertz CT molecular complexity index is 550.